The normalized spacial score (nSPS) is 13.1. The van der Waals surface area contributed by atoms with Crippen molar-refractivity contribution in [2.24, 2.45) is 0 Å². The number of aryl methyl sites for hydroxylation is 1. The number of thiazole rings is 1. The Morgan fingerprint density at radius 1 is 1.31 bits per heavy atom. The Morgan fingerprint density at radius 3 is 2.72 bits per heavy atom. The van der Waals surface area contributed by atoms with Crippen LogP contribution in [0.3, 0.4) is 0 Å². The van der Waals surface area contributed by atoms with Crippen molar-refractivity contribution in [1.82, 2.24) is 15.4 Å². The van der Waals surface area contributed by atoms with Gasteiger partial charge in [-0.2, -0.15) is 0 Å². The van der Waals surface area contributed by atoms with E-state index in [0.717, 1.165) is 23.5 Å². The molecule has 0 saturated carbocycles. The van der Waals surface area contributed by atoms with Crippen LogP contribution in [0.15, 0.2) is 52.9 Å². The molecule has 29 heavy (non-hydrogen) atoms. The van der Waals surface area contributed by atoms with Gasteiger partial charge in [0.15, 0.2) is 5.83 Å². The van der Waals surface area contributed by atoms with Gasteiger partial charge in [-0.3, -0.25) is 10.2 Å². The van der Waals surface area contributed by atoms with E-state index >= 15 is 0 Å². The largest absolute Gasteiger partial charge is 0.486 e. The molecule has 1 amide bonds. The van der Waals surface area contributed by atoms with Gasteiger partial charge in [0.05, 0.1) is 19.3 Å². The average molecular weight is 419 g/mol. The van der Waals surface area contributed by atoms with Gasteiger partial charge in [-0.25, -0.2) is 23.2 Å². The zero-order valence-electron chi connectivity index (χ0n) is 15.8. The summed E-state index contributed by atoms with van der Waals surface area (Å²) in [6, 6.07) is 3.17. The molecule has 1 N–H and O–H groups in total. The van der Waals surface area contributed by atoms with Gasteiger partial charge in [0.2, 0.25) is 5.76 Å². The summed E-state index contributed by atoms with van der Waals surface area (Å²) in [5.41, 5.74) is 8.94. The van der Waals surface area contributed by atoms with Gasteiger partial charge in [-0.05, 0) is 30.9 Å². The SMILES string of the molecule is COC1=C=C=C(CN(C)NC(=O)c2sc(-c3ccc(F)cc3F)nc2C)C=C1F. The Labute approximate surface area is 169 Å². The van der Waals surface area contributed by atoms with Crippen LogP contribution in [0.25, 0.3) is 10.6 Å². The highest BCUT2D eigenvalue weighted by Gasteiger charge is 2.20. The second-order valence-electron chi connectivity index (χ2n) is 6.16. The van der Waals surface area contributed by atoms with Gasteiger partial charge >= 0.3 is 0 Å². The topological polar surface area (TPSA) is 54.5 Å². The van der Waals surface area contributed by atoms with E-state index in [1.54, 1.807) is 14.0 Å². The molecule has 2 aromatic rings. The molecule has 5 nitrogen and oxygen atoms in total. The van der Waals surface area contributed by atoms with Gasteiger partial charge in [0.1, 0.15) is 21.5 Å². The number of carbonyl (C=O) groups excluding carboxylic acids is 1. The Balaban J connectivity index is 1.74. The molecule has 0 fully saturated rings. The molecule has 0 atom stereocenters. The molecule has 150 valence electrons. The van der Waals surface area contributed by atoms with Crippen LogP contribution in [0.1, 0.15) is 15.4 Å². The first-order valence-corrected chi connectivity index (χ1v) is 9.21. The molecular formula is C20H16F3N3O2S. The van der Waals surface area contributed by atoms with Crippen LogP contribution < -0.4 is 5.43 Å². The van der Waals surface area contributed by atoms with Crippen molar-refractivity contribution in [3.8, 4) is 10.6 Å². The third-order valence-corrected chi connectivity index (χ3v) is 5.11. The van der Waals surface area contributed by atoms with Crippen molar-refractivity contribution in [3.05, 3.63) is 75.1 Å². The highest BCUT2D eigenvalue weighted by atomic mass is 32.1. The van der Waals surface area contributed by atoms with Crippen molar-refractivity contribution in [2.45, 2.75) is 6.92 Å². The third-order valence-electron chi connectivity index (χ3n) is 3.92. The molecule has 1 heterocycles. The van der Waals surface area contributed by atoms with Crippen LogP contribution in [0.2, 0.25) is 0 Å². The van der Waals surface area contributed by atoms with Gasteiger partial charge in [0, 0.05) is 24.3 Å². The number of ether oxygens (including phenoxy) is 1. The summed E-state index contributed by atoms with van der Waals surface area (Å²) >= 11 is 0.994. The van der Waals surface area contributed by atoms with Crippen LogP contribution in [0.4, 0.5) is 13.2 Å². The quantitative estimate of drug-likeness (QED) is 0.567. The van der Waals surface area contributed by atoms with E-state index in [-0.39, 0.29) is 27.8 Å². The number of allylic oxidation sites excluding steroid dienone is 1. The van der Waals surface area contributed by atoms with Crippen LogP contribution >= 0.6 is 11.3 Å². The van der Waals surface area contributed by atoms with Gasteiger partial charge < -0.3 is 4.74 Å². The van der Waals surface area contributed by atoms with Crippen molar-refractivity contribution in [2.75, 3.05) is 20.7 Å². The van der Waals surface area contributed by atoms with Gasteiger partial charge in [-0.15, -0.1) is 11.3 Å². The number of carbonyl (C=O) groups is 1. The number of hydrogen-bond acceptors (Lipinski definition) is 5. The molecular weight excluding hydrogens is 403 g/mol. The molecule has 0 radical (unpaired) electrons. The lowest BCUT2D eigenvalue weighted by atomic mass is 10.2. The second kappa shape index (κ2) is 8.51. The number of nitrogens with zero attached hydrogens (tertiary/aromatic N) is 2. The van der Waals surface area contributed by atoms with E-state index in [2.05, 4.69) is 21.9 Å². The first kappa shape index (κ1) is 20.6. The molecule has 1 aliphatic rings. The van der Waals surface area contributed by atoms with Crippen molar-refractivity contribution >= 4 is 17.2 Å². The maximum atomic E-state index is 14.0. The average Bonchev–Trinajstić information content (AvgIpc) is 3.03. The summed E-state index contributed by atoms with van der Waals surface area (Å²) in [5.74, 6) is -2.51. The number of nitrogens with one attached hydrogen (secondary N) is 1. The van der Waals surface area contributed by atoms with Crippen molar-refractivity contribution < 1.29 is 22.7 Å². The summed E-state index contributed by atoms with van der Waals surface area (Å²) in [4.78, 5) is 17.1. The number of hydrogen-bond donors (Lipinski definition) is 1. The summed E-state index contributed by atoms with van der Waals surface area (Å²) in [5, 5.41) is 1.72. The minimum absolute atomic E-state index is 0.0405. The van der Waals surface area contributed by atoms with E-state index in [4.69, 9.17) is 4.74 Å². The van der Waals surface area contributed by atoms with Crippen LogP contribution in [0.5, 0.6) is 0 Å². The third kappa shape index (κ3) is 4.67. The number of hydrazine groups is 1. The Bertz CT molecular complexity index is 1110. The van der Waals surface area contributed by atoms with E-state index in [1.807, 2.05) is 0 Å². The number of halogens is 3. The highest BCUT2D eigenvalue weighted by Crippen LogP contribution is 2.30. The van der Waals surface area contributed by atoms with Crippen LogP contribution in [-0.4, -0.2) is 36.6 Å². The van der Waals surface area contributed by atoms with E-state index < -0.39 is 23.4 Å². The van der Waals surface area contributed by atoms with E-state index in [1.165, 1.54) is 24.3 Å². The molecule has 0 spiro atoms. The summed E-state index contributed by atoms with van der Waals surface area (Å²) < 4.78 is 45.6. The molecule has 0 bridgehead atoms. The zero-order valence-corrected chi connectivity index (χ0v) is 16.6. The Hall–Kier alpha value is -3.09. The van der Waals surface area contributed by atoms with E-state index in [0.29, 0.717) is 11.3 Å². The molecule has 0 saturated heterocycles. The Kier molecular flexibility index (Phi) is 6.06. The number of benzene rings is 1. The predicted octanol–water partition coefficient (Wildman–Crippen LogP) is 4.05. The van der Waals surface area contributed by atoms with Gasteiger partial charge in [0.25, 0.3) is 5.91 Å². The molecule has 9 heteroatoms. The first-order valence-electron chi connectivity index (χ1n) is 8.39. The van der Waals surface area contributed by atoms with Crippen LogP contribution in [-0.2, 0) is 4.74 Å². The summed E-state index contributed by atoms with van der Waals surface area (Å²) in [6.45, 7) is 1.79. The van der Waals surface area contributed by atoms with Crippen LogP contribution in [0, 0.1) is 18.6 Å². The molecule has 0 unspecified atom stereocenters. The number of rotatable bonds is 6. The summed E-state index contributed by atoms with van der Waals surface area (Å²) in [7, 11) is 2.93. The molecule has 1 aliphatic carbocycles. The lowest BCUT2D eigenvalue weighted by Crippen LogP contribution is -2.40. The lowest BCUT2D eigenvalue weighted by Gasteiger charge is -2.18. The number of methoxy groups -OCH3 is 1. The maximum Gasteiger partial charge on any atom is 0.277 e. The molecule has 0 aliphatic heterocycles. The number of likely N-dealkylation sites (N-methyl/N-ethyl adjacent to an activating group) is 1. The van der Waals surface area contributed by atoms with Crippen molar-refractivity contribution in [3.63, 3.8) is 0 Å². The number of aromatic nitrogens is 1. The number of amides is 1. The molecule has 1 aromatic carbocycles. The highest BCUT2D eigenvalue weighted by molar-refractivity contribution is 7.17. The fourth-order valence-electron chi connectivity index (χ4n) is 2.59. The molecule has 3 rings (SSSR count). The minimum atomic E-state index is -0.754. The standard InChI is InChI=1S/C20H16F3N3O2S/c1-11-18(29-20(24-11)14-6-5-13(21)9-15(14)22)19(27)25-26(2)10-12-4-7-17(28-3)16(23)8-12/h5-6,8-9H,10H2,1-3H3,(H,25,27). The maximum absolute atomic E-state index is 14.0. The van der Waals surface area contributed by atoms with E-state index in [9.17, 15) is 18.0 Å². The second-order valence-corrected chi connectivity index (χ2v) is 7.15. The fraction of sp³-hybridized carbons (Fsp3) is 0.200. The molecule has 1 aromatic heterocycles. The lowest BCUT2D eigenvalue weighted by molar-refractivity contribution is 0.0844. The van der Waals surface area contributed by atoms with Crippen molar-refractivity contribution in [1.29, 1.82) is 0 Å². The minimum Gasteiger partial charge on any atom is -0.486 e. The monoisotopic (exact) mass is 419 g/mol. The summed E-state index contributed by atoms with van der Waals surface area (Å²) in [6.07, 6.45) is 1.24. The Morgan fingerprint density at radius 2 is 2.07 bits per heavy atom. The van der Waals surface area contributed by atoms with Gasteiger partial charge in [-0.1, -0.05) is 5.73 Å². The fourth-order valence-corrected chi connectivity index (χ4v) is 3.57. The predicted molar refractivity (Wildman–Crippen MR) is 103 cm³/mol. The zero-order chi connectivity index (χ0) is 21.1. The first-order chi connectivity index (χ1) is 13.8. The smallest absolute Gasteiger partial charge is 0.277 e.